The molecule has 6 amide bonds. The molecule has 7 aromatic rings. The lowest BCUT2D eigenvalue weighted by atomic mass is 10.1. The van der Waals surface area contributed by atoms with Crippen LogP contribution in [0.3, 0.4) is 0 Å². The fourth-order valence-corrected chi connectivity index (χ4v) is 6.89. The van der Waals surface area contributed by atoms with Gasteiger partial charge in [-0.1, -0.05) is 0 Å². The Morgan fingerprint density at radius 1 is 0.221 bits per heavy atom. The second kappa shape index (κ2) is 19.2. The number of anilines is 14. The van der Waals surface area contributed by atoms with Crippen LogP contribution in [0.25, 0.3) is 0 Å². The molecule has 0 saturated carbocycles. The summed E-state index contributed by atoms with van der Waals surface area (Å²) in [7, 11) is 0. The zero-order chi connectivity index (χ0) is 48.8. The maximum absolute atomic E-state index is 13.8. The van der Waals surface area contributed by atoms with Crippen LogP contribution < -0.4 is 77.8 Å². The quantitative estimate of drug-likeness (QED) is 0.0639. The van der Waals surface area contributed by atoms with Crippen molar-refractivity contribution >= 4 is 115 Å². The SMILES string of the molecule is Nc1cc(N)cc(C(=O)Nc2cc(NC(=O)c3cc(N)cc(N)c3)cc(C(=O)Nc3ccc(NC(=O)c4cc(NC(=O)c5cc(N)cc(N)c5)cc(NC(=O)c5cc(N)cc(N)c5)c4)cc3)c2)c1. The smallest absolute Gasteiger partial charge is 0.255 e. The average Bonchev–Trinajstić information content (AvgIpc) is 3.25. The summed E-state index contributed by atoms with van der Waals surface area (Å²) >= 11 is 0. The first kappa shape index (κ1) is 45.8. The highest BCUT2D eigenvalue weighted by molar-refractivity contribution is 6.13. The summed E-state index contributed by atoms with van der Waals surface area (Å²) in [5, 5.41) is 16.4. The first-order valence-corrected chi connectivity index (χ1v) is 20.2. The molecule has 0 radical (unpaired) electrons. The third kappa shape index (κ3) is 11.7. The van der Waals surface area contributed by atoms with Gasteiger partial charge in [-0.25, -0.2) is 0 Å². The van der Waals surface area contributed by atoms with Crippen molar-refractivity contribution in [1.82, 2.24) is 0 Å². The first-order valence-electron chi connectivity index (χ1n) is 20.2. The highest BCUT2D eigenvalue weighted by Crippen LogP contribution is 2.27. The molecule has 0 bridgehead atoms. The van der Waals surface area contributed by atoms with Crippen LogP contribution in [0, 0.1) is 0 Å². The van der Waals surface area contributed by atoms with Gasteiger partial charge in [-0.05, 0) is 133 Å². The molecule has 20 nitrogen and oxygen atoms in total. The van der Waals surface area contributed by atoms with E-state index >= 15 is 0 Å². The first-order chi connectivity index (χ1) is 32.3. The van der Waals surface area contributed by atoms with Crippen molar-refractivity contribution in [3.63, 3.8) is 0 Å². The molecule has 0 aliphatic carbocycles. The largest absolute Gasteiger partial charge is 0.399 e. The lowest BCUT2D eigenvalue weighted by molar-refractivity contribution is 0.101. The van der Waals surface area contributed by atoms with Crippen LogP contribution in [0.2, 0.25) is 0 Å². The summed E-state index contributed by atoms with van der Waals surface area (Å²) in [6.45, 7) is 0. The number of hydrogen-bond acceptors (Lipinski definition) is 14. The summed E-state index contributed by atoms with van der Waals surface area (Å²) < 4.78 is 0. The molecule has 22 N–H and O–H groups in total. The Bertz CT molecular complexity index is 2730. The number of benzene rings is 7. The van der Waals surface area contributed by atoms with Crippen LogP contribution in [-0.4, -0.2) is 35.4 Å². The van der Waals surface area contributed by atoms with Gasteiger partial charge in [-0.2, -0.15) is 0 Å². The predicted molar refractivity (Wildman–Crippen MR) is 268 cm³/mol. The molecule has 0 aliphatic heterocycles. The van der Waals surface area contributed by atoms with Crippen molar-refractivity contribution in [1.29, 1.82) is 0 Å². The van der Waals surface area contributed by atoms with E-state index in [0.717, 1.165) is 0 Å². The van der Waals surface area contributed by atoms with Crippen LogP contribution in [0.1, 0.15) is 62.1 Å². The Kier molecular flexibility index (Phi) is 13.0. The molecule has 0 fully saturated rings. The van der Waals surface area contributed by atoms with Gasteiger partial charge >= 0.3 is 0 Å². The molecule has 0 atom stereocenters. The van der Waals surface area contributed by atoms with Crippen molar-refractivity contribution in [3.8, 4) is 0 Å². The van der Waals surface area contributed by atoms with Crippen molar-refractivity contribution < 1.29 is 28.8 Å². The normalized spacial score (nSPS) is 10.6. The monoisotopic (exact) mass is 912 g/mol. The molecule has 0 saturated heterocycles. The summed E-state index contributed by atoms with van der Waals surface area (Å²) in [6, 6.07) is 31.9. The van der Waals surface area contributed by atoms with Gasteiger partial charge in [0.1, 0.15) is 0 Å². The van der Waals surface area contributed by atoms with Crippen LogP contribution in [0.15, 0.2) is 133 Å². The number of rotatable bonds is 12. The van der Waals surface area contributed by atoms with E-state index in [1.165, 1.54) is 133 Å². The second-order valence-corrected chi connectivity index (χ2v) is 15.5. The van der Waals surface area contributed by atoms with E-state index in [1.807, 2.05) is 0 Å². The standard InChI is InChI=1S/C48H44N14O6/c49-29-5-23(6-30(50)17-29)43(63)59-39-13-27(14-40(21-39)60-44(64)24-7-31(51)18-32(52)8-24)47(67)57-37-1-2-38(4-3-37)58-48(68)28-15-41(61-45(65)25-9-33(53)19-34(54)10-25)22-42(16-28)62-46(66)26-11-35(55)20-36(56)12-26/h1-22H,49-56H2,(H,57,67)(H,58,68)(H,59,63)(H,60,64)(H,61,65)(H,62,66). The summed E-state index contributed by atoms with van der Waals surface area (Å²) in [6.07, 6.45) is 0. The zero-order valence-electron chi connectivity index (χ0n) is 35.8. The van der Waals surface area contributed by atoms with Crippen LogP contribution in [-0.2, 0) is 0 Å². The van der Waals surface area contributed by atoms with Gasteiger partial charge in [0, 0.05) is 113 Å². The van der Waals surface area contributed by atoms with E-state index in [0.29, 0.717) is 11.4 Å². The number of nitrogens with one attached hydrogen (secondary N) is 6. The fourth-order valence-electron chi connectivity index (χ4n) is 6.89. The minimum atomic E-state index is -0.634. The molecule has 7 aromatic carbocycles. The van der Waals surface area contributed by atoms with E-state index in [-0.39, 0.29) is 102 Å². The van der Waals surface area contributed by atoms with Crippen LogP contribution in [0.4, 0.5) is 79.6 Å². The third-order valence-corrected chi connectivity index (χ3v) is 9.78. The Hall–Kier alpha value is -10.2. The van der Waals surface area contributed by atoms with E-state index in [9.17, 15) is 28.8 Å². The molecular weight excluding hydrogens is 869 g/mol. The van der Waals surface area contributed by atoms with Crippen molar-refractivity contribution in [3.05, 3.63) is 167 Å². The Balaban J connectivity index is 1.10. The van der Waals surface area contributed by atoms with Crippen LogP contribution in [0.5, 0.6) is 0 Å². The number of nitrogens with two attached hydrogens (primary N) is 8. The third-order valence-electron chi connectivity index (χ3n) is 9.78. The topological polar surface area (TPSA) is 383 Å². The molecule has 7 rings (SSSR count). The van der Waals surface area contributed by atoms with Gasteiger partial charge < -0.3 is 77.8 Å². The number of hydrogen-bond donors (Lipinski definition) is 14. The molecule has 20 heteroatoms. The van der Waals surface area contributed by atoms with Crippen molar-refractivity contribution in [2.45, 2.75) is 0 Å². The molecule has 0 aliphatic rings. The van der Waals surface area contributed by atoms with Gasteiger partial charge in [0.2, 0.25) is 0 Å². The number of nitrogen functional groups attached to an aromatic ring is 8. The lowest BCUT2D eigenvalue weighted by Gasteiger charge is -2.14. The fraction of sp³-hybridized carbons (Fsp3) is 0. The Labute approximate surface area is 387 Å². The zero-order valence-corrected chi connectivity index (χ0v) is 35.8. The molecule has 0 unspecified atom stereocenters. The highest BCUT2D eigenvalue weighted by atomic mass is 16.2. The van der Waals surface area contributed by atoms with E-state index in [1.54, 1.807) is 0 Å². The molecule has 342 valence electrons. The van der Waals surface area contributed by atoms with Crippen LogP contribution >= 0.6 is 0 Å². The Morgan fingerprint density at radius 2 is 0.382 bits per heavy atom. The number of carbonyl (C=O) groups is 6. The van der Waals surface area contributed by atoms with E-state index in [4.69, 9.17) is 45.9 Å². The molecule has 0 aromatic heterocycles. The summed E-state index contributed by atoms with van der Waals surface area (Å²) in [4.78, 5) is 80.6. The summed E-state index contributed by atoms with van der Waals surface area (Å²) in [5.41, 5.74) is 51.1. The van der Waals surface area contributed by atoms with Gasteiger partial charge in [-0.15, -0.1) is 0 Å². The molecular formula is C48H44N14O6. The molecule has 68 heavy (non-hydrogen) atoms. The molecule has 0 heterocycles. The second-order valence-electron chi connectivity index (χ2n) is 15.5. The number of amides is 6. The van der Waals surface area contributed by atoms with E-state index in [2.05, 4.69) is 31.9 Å². The molecule has 0 spiro atoms. The maximum atomic E-state index is 13.8. The van der Waals surface area contributed by atoms with Gasteiger partial charge in [0.25, 0.3) is 35.4 Å². The summed E-state index contributed by atoms with van der Waals surface area (Å²) in [5.74, 6) is -3.64. The van der Waals surface area contributed by atoms with Crippen molar-refractivity contribution in [2.75, 3.05) is 77.8 Å². The maximum Gasteiger partial charge on any atom is 0.255 e. The number of carbonyl (C=O) groups excluding carboxylic acids is 6. The van der Waals surface area contributed by atoms with E-state index < -0.39 is 35.4 Å². The minimum absolute atomic E-state index is 0.0305. The van der Waals surface area contributed by atoms with Gasteiger partial charge in [-0.3, -0.25) is 28.8 Å². The van der Waals surface area contributed by atoms with Gasteiger partial charge in [0.05, 0.1) is 0 Å². The lowest BCUT2D eigenvalue weighted by Crippen LogP contribution is -2.18. The highest BCUT2D eigenvalue weighted by Gasteiger charge is 2.18. The van der Waals surface area contributed by atoms with Gasteiger partial charge in [0.15, 0.2) is 0 Å². The average molecular weight is 913 g/mol. The Morgan fingerprint density at radius 3 is 0.574 bits per heavy atom. The minimum Gasteiger partial charge on any atom is -0.399 e. The predicted octanol–water partition coefficient (Wildman–Crippen LogP) is 5.86. The van der Waals surface area contributed by atoms with Crippen molar-refractivity contribution in [2.24, 2.45) is 0 Å².